The molecule has 0 aliphatic carbocycles. The molecule has 0 atom stereocenters. The number of hydrogen-bond acceptors (Lipinski definition) is 2. The summed E-state index contributed by atoms with van der Waals surface area (Å²) in [6.45, 7) is 0. The fourth-order valence-electron chi connectivity index (χ4n) is 2.56. The lowest BCUT2D eigenvalue weighted by molar-refractivity contribution is -0.137. The van der Waals surface area contributed by atoms with Gasteiger partial charge in [0, 0.05) is 29.7 Å². The zero-order chi connectivity index (χ0) is 17.9. The highest BCUT2D eigenvalue weighted by Gasteiger charge is 2.29. The van der Waals surface area contributed by atoms with Gasteiger partial charge in [0.2, 0.25) is 0 Å². The number of halogens is 3. The molecule has 0 amide bonds. The van der Waals surface area contributed by atoms with Gasteiger partial charge < -0.3 is 10.6 Å². The minimum absolute atomic E-state index is 0.604. The molecule has 0 saturated carbocycles. The van der Waals surface area contributed by atoms with Crippen molar-refractivity contribution in [2.45, 2.75) is 6.18 Å². The third-order valence-corrected chi connectivity index (χ3v) is 3.90. The molecule has 5 heteroatoms. The van der Waals surface area contributed by atoms with Crippen LogP contribution in [0.3, 0.4) is 0 Å². The first kappa shape index (κ1) is 16.9. The van der Waals surface area contributed by atoms with Gasteiger partial charge >= 0.3 is 6.18 Å². The molecule has 0 spiro atoms. The Kier molecular flexibility index (Phi) is 4.65. The Balaban J connectivity index is 1.88. The molecule has 128 valence electrons. The van der Waals surface area contributed by atoms with Crippen LogP contribution in [-0.4, -0.2) is 7.05 Å². The summed E-state index contributed by atoms with van der Waals surface area (Å²) >= 11 is 0. The van der Waals surface area contributed by atoms with Crippen LogP contribution in [-0.2, 0) is 6.18 Å². The monoisotopic (exact) mass is 342 g/mol. The van der Waals surface area contributed by atoms with E-state index in [0.29, 0.717) is 5.69 Å². The van der Waals surface area contributed by atoms with Gasteiger partial charge in [-0.25, -0.2) is 0 Å². The van der Waals surface area contributed by atoms with Crippen LogP contribution in [0.15, 0.2) is 72.8 Å². The largest absolute Gasteiger partial charge is 0.416 e. The van der Waals surface area contributed by atoms with Crippen LogP contribution in [0.5, 0.6) is 0 Å². The molecule has 3 rings (SSSR count). The molecule has 0 fully saturated rings. The maximum atomic E-state index is 12.7. The fourth-order valence-corrected chi connectivity index (χ4v) is 2.56. The summed E-state index contributed by atoms with van der Waals surface area (Å²) in [5.74, 6) is 0. The van der Waals surface area contributed by atoms with Crippen molar-refractivity contribution < 1.29 is 13.2 Å². The van der Waals surface area contributed by atoms with Crippen LogP contribution < -0.4 is 10.6 Å². The van der Waals surface area contributed by atoms with Crippen molar-refractivity contribution >= 4 is 17.1 Å². The second-order valence-corrected chi connectivity index (χ2v) is 5.57. The van der Waals surface area contributed by atoms with Crippen LogP contribution in [0.1, 0.15) is 5.56 Å². The molecular weight excluding hydrogens is 325 g/mol. The number of alkyl halides is 3. The van der Waals surface area contributed by atoms with Gasteiger partial charge in [0.25, 0.3) is 0 Å². The van der Waals surface area contributed by atoms with Crippen molar-refractivity contribution in [3.05, 3.63) is 78.4 Å². The van der Waals surface area contributed by atoms with Gasteiger partial charge in [-0.1, -0.05) is 30.3 Å². The van der Waals surface area contributed by atoms with Crippen molar-refractivity contribution in [3.8, 4) is 11.1 Å². The first-order valence-electron chi connectivity index (χ1n) is 7.79. The molecule has 0 radical (unpaired) electrons. The van der Waals surface area contributed by atoms with Crippen LogP contribution in [0.2, 0.25) is 0 Å². The Bertz CT molecular complexity index is 838. The number of benzene rings is 3. The van der Waals surface area contributed by atoms with Crippen molar-refractivity contribution in [2.75, 3.05) is 17.7 Å². The average Bonchev–Trinajstić information content (AvgIpc) is 2.62. The van der Waals surface area contributed by atoms with Crippen LogP contribution >= 0.6 is 0 Å². The minimum Gasteiger partial charge on any atom is -0.388 e. The van der Waals surface area contributed by atoms with E-state index in [1.807, 2.05) is 55.6 Å². The molecule has 3 aromatic carbocycles. The smallest absolute Gasteiger partial charge is 0.388 e. The molecular formula is C20H17F3N2. The van der Waals surface area contributed by atoms with E-state index in [1.165, 1.54) is 12.1 Å². The molecule has 0 aliphatic rings. The first-order valence-corrected chi connectivity index (χ1v) is 7.79. The topological polar surface area (TPSA) is 24.1 Å². The van der Waals surface area contributed by atoms with E-state index in [-0.39, 0.29) is 0 Å². The van der Waals surface area contributed by atoms with Crippen molar-refractivity contribution in [1.29, 1.82) is 0 Å². The lowest BCUT2D eigenvalue weighted by Gasteiger charge is -2.14. The molecule has 0 bridgehead atoms. The van der Waals surface area contributed by atoms with Crippen molar-refractivity contribution in [2.24, 2.45) is 0 Å². The molecule has 3 aromatic rings. The van der Waals surface area contributed by atoms with E-state index >= 15 is 0 Å². The van der Waals surface area contributed by atoms with Crippen molar-refractivity contribution in [3.63, 3.8) is 0 Å². The van der Waals surface area contributed by atoms with E-state index in [1.54, 1.807) is 0 Å². The third-order valence-electron chi connectivity index (χ3n) is 3.90. The SMILES string of the molecule is CNc1ccc(-c2ccccc2Nc2ccc(C(F)(F)F)cc2)cc1. The quantitative estimate of drug-likeness (QED) is 0.593. The lowest BCUT2D eigenvalue weighted by atomic mass is 10.0. The fraction of sp³-hybridized carbons (Fsp3) is 0.100. The molecule has 0 heterocycles. The van der Waals surface area contributed by atoms with E-state index in [0.717, 1.165) is 34.6 Å². The summed E-state index contributed by atoms with van der Waals surface area (Å²) in [7, 11) is 1.86. The molecule has 0 aliphatic heterocycles. The van der Waals surface area contributed by atoms with Crippen LogP contribution in [0.4, 0.5) is 30.2 Å². The van der Waals surface area contributed by atoms with Gasteiger partial charge in [-0.15, -0.1) is 0 Å². The molecule has 25 heavy (non-hydrogen) atoms. The highest BCUT2D eigenvalue weighted by molar-refractivity contribution is 5.81. The zero-order valence-electron chi connectivity index (χ0n) is 13.6. The molecule has 2 N–H and O–H groups in total. The molecule has 2 nitrogen and oxygen atoms in total. The van der Waals surface area contributed by atoms with Gasteiger partial charge in [-0.2, -0.15) is 13.2 Å². The third kappa shape index (κ3) is 3.94. The first-order chi connectivity index (χ1) is 12.0. The van der Waals surface area contributed by atoms with Crippen LogP contribution in [0.25, 0.3) is 11.1 Å². The van der Waals surface area contributed by atoms with Gasteiger partial charge in [-0.3, -0.25) is 0 Å². The number of hydrogen-bond donors (Lipinski definition) is 2. The summed E-state index contributed by atoms with van der Waals surface area (Å²) in [6.07, 6.45) is -4.33. The van der Waals surface area contributed by atoms with E-state index in [4.69, 9.17) is 0 Å². The van der Waals surface area contributed by atoms with Gasteiger partial charge in [-0.05, 0) is 48.0 Å². The predicted molar refractivity (Wildman–Crippen MR) is 96.2 cm³/mol. The van der Waals surface area contributed by atoms with E-state index in [2.05, 4.69) is 10.6 Å². The van der Waals surface area contributed by atoms with Crippen molar-refractivity contribution in [1.82, 2.24) is 0 Å². The highest BCUT2D eigenvalue weighted by atomic mass is 19.4. The van der Waals surface area contributed by atoms with Gasteiger partial charge in [0.15, 0.2) is 0 Å². The number of para-hydroxylation sites is 1. The maximum absolute atomic E-state index is 12.7. The summed E-state index contributed by atoms with van der Waals surface area (Å²) in [6, 6.07) is 20.7. The summed E-state index contributed by atoms with van der Waals surface area (Å²) < 4.78 is 38.0. The Morgan fingerprint density at radius 1 is 0.720 bits per heavy atom. The van der Waals surface area contributed by atoms with Gasteiger partial charge in [0.05, 0.1) is 5.56 Å². The standard InChI is InChI=1S/C20H17F3N2/c1-24-16-10-6-14(7-11-16)18-4-2-3-5-19(18)25-17-12-8-15(9-13-17)20(21,22)23/h2-13,24-25H,1H3. The summed E-state index contributed by atoms with van der Waals surface area (Å²) in [5.41, 5.74) is 3.79. The predicted octanol–water partition coefficient (Wildman–Crippen LogP) is 6.16. The maximum Gasteiger partial charge on any atom is 0.416 e. The Morgan fingerprint density at radius 2 is 1.32 bits per heavy atom. The highest BCUT2D eigenvalue weighted by Crippen LogP contribution is 2.33. The van der Waals surface area contributed by atoms with Crippen LogP contribution in [0, 0.1) is 0 Å². The number of nitrogens with one attached hydrogen (secondary N) is 2. The number of anilines is 3. The second-order valence-electron chi connectivity index (χ2n) is 5.57. The number of rotatable bonds is 4. The van der Waals surface area contributed by atoms with Gasteiger partial charge in [0.1, 0.15) is 0 Å². The molecule has 0 saturated heterocycles. The minimum atomic E-state index is -4.33. The second kappa shape index (κ2) is 6.89. The Hall–Kier alpha value is -2.95. The summed E-state index contributed by atoms with van der Waals surface area (Å²) in [4.78, 5) is 0. The summed E-state index contributed by atoms with van der Waals surface area (Å²) in [5, 5.41) is 6.27. The zero-order valence-corrected chi connectivity index (χ0v) is 13.6. The van der Waals surface area contributed by atoms with E-state index < -0.39 is 11.7 Å². The van der Waals surface area contributed by atoms with E-state index in [9.17, 15) is 13.2 Å². The molecule has 0 unspecified atom stereocenters. The lowest BCUT2D eigenvalue weighted by Crippen LogP contribution is -2.04. The normalized spacial score (nSPS) is 11.2. The average molecular weight is 342 g/mol. The molecule has 0 aromatic heterocycles. The Morgan fingerprint density at radius 3 is 1.92 bits per heavy atom. The Labute approximate surface area is 144 Å².